The molecule has 2 N–H and O–H groups in total. The minimum atomic E-state index is -3.76. The van der Waals surface area contributed by atoms with Crippen molar-refractivity contribution in [3.63, 3.8) is 0 Å². The number of amides is 1. The predicted octanol–water partition coefficient (Wildman–Crippen LogP) is 7.78. The van der Waals surface area contributed by atoms with Crippen molar-refractivity contribution in [2.75, 3.05) is 32.8 Å². The van der Waals surface area contributed by atoms with Gasteiger partial charge in [-0.05, 0) is 104 Å². The first kappa shape index (κ1) is 42.3. The zero-order chi connectivity index (χ0) is 42.1. The molecule has 7 rings (SSSR count). The summed E-state index contributed by atoms with van der Waals surface area (Å²) in [6.45, 7) is 1.89. The zero-order valence-electron chi connectivity index (χ0n) is 32.9. The number of aromatic nitrogens is 2. The molecule has 2 atom stereocenters. The third-order valence-electron chi connectivity index (χ3n) is 10.6. The maximum absolute atomic E-state index is 15.5. The number of pyridine rings is 2. The average molecular weight is 827 g/mol. The Bertz CT molecular complexity index is 2260. The summed E-state index contributed by atoms with van der Waals surface area (Å²) in [7, 11) is 0. The normalized spacial score (nSPS) is 15.3. The Morgan fingerprint density at radius 1 is 0.767 bits per heavy atom. The molecular weight excluding hydrogens is 781 g/mol. The number of ether oxygens (including phenoxy) is 3. The first-order valence-corrected chi connectivity index (χ1v) is 20.0. The zero-order valence-corrected chi connectivity index (χ0v) is 32.9. The van der Waals surface area contributed by atoms with Crippen LogP contribution in [0, 0.1) is 0 Å². The largest absolute Gasteiger partial charge is 0.486 e. The van der Waals surface area contributed by atoms with E-state index in [-0.39, 0.29) is 25.1 Å². The molecule has 2 unspecified atom stereocenters. The molecule has 2 aromatic heterocycles. The van der Waals surface area contributed by atoms with E-state index in [2.05, 4.69) is 15.3 Å². The third-order valence-corrected chi connectivity index (χ3v) is 10.6. The number of esters is 1. The van der Waals surface area contributed by atoms with Crippen molar-refractivity contribution in [3.8, 4) is 34.0 Å². The van der Waals surface area contributed by atoms with Crippen LogP contribution < -0.4 is 14.8 Å². The molecule has 1 saturated heterocycles. The second kappa shape index (κ2) is 19.0. The van der Waals surface area contributed by atoms with Gasteiger partial charge in [0, 0.05) is 36.7 Å². The lowest BCUT2D eigenvalue weighted by atomic mass is 9.99. The highest BCUT2D eigenvalue weighted by Gasteiger charge is 2.42. The fourth-order valence-corrected chi connectivity index (χ4v) is 7.31. The number of nitrogens with zero attached hydrogens (tertiary/aromatic N) is 3. The molecule has 4 heterocycles. The lowest BCUT2D eigenvalue weighted by molar-refractivity contribution is -0.174. The van der Waals surface area contributed by atoms with Gasteiger partial charge in [0.25, 0.3) is 5.91 Å². The number of nitrogens with one attached hydrogen (secondary N) is 1. The highest BCUT2D eigenvalue weighted by molar-refractivity contribution is 5.83. The van der Waals surface area contributed by atoms with E-state index in [4.69, 9.17) is 14.2 Å². The van der Waals surface area contributed by atoms with E-state index in [0.29, 0.717) is 58.4 Å². The number of carbonyl (C=O) groups is 2. The monoisotopic (exact) mass is 826 g/mol. The number of aryl methyl sites for hydroxylation is 2. The number of hydrogen-bond donors (Lipinski definition) is 2. The third kappa shape index (κ3) is 10.8. The summed E-state index contributed by atoms with van der Waals surface area (Å²) in [6.07, 6.45) is 0.471. The molecule has 0 bridgehead atoms. The highest BCUT2D eigenvalue weighted by Crippen LogP contribution is 2.34. The van der Waals surface area contributed by atoms with Crippen molar-refractivity contribution in [2.24, 2.45) is 0 Å². The molecule has 2 aliphatic rings. The number of aliphatic hydroxyl groups is 1. The summed E-state index contributed by atoms with van der Waals surface area (Å²) in [4.78, 5) is 36.5. The molecule has 2 aliphatic heterocycles. The SMILES string of the molecule is O=C(NC(CN1CCCC1)C(O)c1ccc2c(c1)OCCO2)C(F)(F)CCc1cccc(-c2cccc(COC(=O)C(F)(F)CCc3cccc(-c4ccccn4)c3)n2)c1. The standard InChI is InChI=1S/C46H46F4N4O6/c47-45(48,43(56)53-39(29-54-22-3-4-23-54)42(55)35-15-16-40-41(28-35)59-25-24-58-40)19-17-31-9-6-11-34(27-31)38-14-7-12-36(52-38)30-60-44(57)46(49,50)20-18-32-8-5-10-33(26-32)37-13-1-2-21-51-37/h1-2,5-16,21,26-28,39,42,55H,3-4,17-20,22-25,29-30H2,(H,53,56). The molecule has 314 valence electrons. The van der Waals surface area contributed by atoms with Gasteiger partial charge in [0.2, 0.25) is 0 Å². The maximum atomic E-state index is 15.5. The van der Waals surface area contributed by atoms with Crippen LogP contribution in [-0.4, -0.2) is 82.6 Å². The van der Waals surface area contributed by atoms with Gasteiger partial charge in [0.15, 0.2) is 11.5 Å². The Hall–Kier alpha value is -5.86. The second-order valence-corrected chi connectivity index (χ2v) is 15.1. The van der Waals surface area contributed by atoms with Crippen LogP contribution in [0.25, 0.3) is 22.5 Å². The summed E-state index contributed by atoms with van der Waals surface area (Å²) < 4.78 is 77.1. The molecule has 60 heavy (non-hydrogen) atoms. The molecule has 0 spiro atoms. The van der Waals surface area contributed by atoms with Crippen LogP contribution in [0.15, 0.2) is 109 Å². The average Bonchev–Trinajstić information content (AvgIpc) is 3.80. The van der Waals surface area contributed by atoms with E-state index in [0.717, 1.165) is 31.5 Å². The van der Waals surface area contributed by atoms with Gasteiger partial charge in [-0.2, -0.15) is 17.6 Å². The summed E-state index contributed by atoms with van der Waals surface area (Å²) in [6, 6.07) is 27.9. The van der Waals surface area contributed by atoms with E-state index in [9.17, 15) is 23.5 Å². The van der Waals surface area contributed by atoms with Crippen molar-refractivity contribution in [1.82, 2.24) is 20.2 Å². The number of alkyl halides is 4. The number of halogens is 4. The minimum Gasteiger partial charge on any atom is -0.486 e. The van der Waals surface area contributed by atoms with Gasteiger partial charge in [-0.1, -0.05) is 54.6 Å². The lowest BCUT2D eigenvalue weighted by Gasteiger charge is -2.30. The Balaban J connectivity index is 0.935. The Labute approximate surface area is 345 Å². The Morgan fingerprint density at radius 3 is 2.12 bits per heavy atom. The van der Waals surface area contributed by atoms with Gasteiger partial charge in [-0.25, -0.2) is 9.78 Å². The molecule has 0 aliphatic carbocycles. The highest BCUT2D eigenvalue weighted by atomic mass is 19.3. The van der Waals surface area contributed by atoms with Crippen LogP contribution in [0.4, 0.5) is 17.6 Å². The maximum Gasteiger partial charge on any atom is 0.377 e. The first-order valence-electron chi connectivity index (χ1n) is 20.0. The molecule has 0 saturated carbocycles. The summed E-state index contributed by atoms with van der Waals surface area (Å²) in [5, 5.41) is 13.8. The number of hydrogen-bond acceptors (Lipinski definition) is 9. The summed E-state index contributed by atoms with van der Waals surface area (Å²) in [5.41, 5.74) is 4.21. The van der Waals surface area contributed by atoms with Crippen LogP contribution in [-0.2, 0) is 33.8 Å². The van der Waals surface area contributed by atoms with Gasteiger partial charge in [0.05, 0.1) is 23.1 Å². The van der Waals surface area contributed by atoms with E-state index < -0.39 is 55.3 Å². The fraction of sp³-hybridized carbons (Fsp3) is 0.348. The molecule has 5 aromatic rings. The number of likely N-dealkylation sites (tertiary alicyclic amines) is 1. The van der Waals surface area contributed by atoms with Crippen LogP contribution in [0.5, 0.6) is 11.5 Å². The fourth-order valence-electron chi connectivity index (χ4n) is 7.31. The van der Waals surface area contributed by atoms with Gasteiger partial charge < -0.3 is 29.5 Å². The quantitative estimate of drug-likeness (QED) is 0.0715. The number of rotatable bonds is 17. The second-order valence-electron chi connectivity index (χ2n) is 15.1. The predicted molar refractivity (Wildman–Crippen MR) is 216 cm³/mol. The van der Waals surface area contributed by atoms with Crippen LogP contribution in [0.1, 0.15) is 54.2 Å². The summed E-state index contributed by atoms with van der Waals surface area (Å²) >= 11 is 0. The van der Waals surface area contributed by atoms with Crippen LogP contribution >= 0.6 is 0 Å². The summed E-state index contributed by atoms with van der Waals surface area (Å²) in [5.74, 6) is -9.70. The molecule has 14 heteroatoms. The van der Waals surface area contributed by atoms with Gasteiger partial charge in [-0.15, -0.1) is 0 Å². The molecule has 3 aromatic carbocycles. The first-order chi connectivity index (χ1) is 28.9. The number of fused-ring (bicyclic) bond motifs is 1. The van der Waals surface area contributed by atoms with Gasteiger partial charge in [-0.3, -0.25) is 9.78 Å². The lowest BCUT2D eigenvalue weighted by Crippen LogP contribution is -2.51. The molecule has 10 nitrogen and oxygen atoms in total. The number of benzene rings is 3. The molecule has 1 amide bonds. The van der Waals surface area contributed by atoms with Gasteiger partial charge in [0.1, 0.15) is 25.9 Å². The van der Waals surface area contributed by atoms with Crippen LogP contribution in [0.3, 0.4) is 0 Å². The van der Waals surface area contributed by atoms with Crippen molar-refractivity contribution < 1.29 is 46.5 Å². The molecule has 1 fully saturated rings. The van der Waals surface area contributed by atoms with Crippen molar-refractivity contribution in [1.29, 1.82) is 0 Å². The van der Waals surface area contributed by atoms with E-state index in [1.165, 1.54) is 6.07 Å². The van der Waals surface area contributed by atoms with Crippen molar-refractivity contribution in [2.45, 2.75) is 69.1 Å². The van der Waals surface area contributed by atoms with Crippen molar-refractivity contribution in [3.05, 3.63) is 132 Å². The van der Waals surface area contributed by atoms with E-state index in [1.54, 1.807) is 85.1 Å². The van der Waals surface area contributed by atoms with Crippen molar-refractivity contribution >= 4 is 11.9 Å². The van der Waals surface area contributed by atoms with Gasteiger partial charge >= 0.3 is 17.8 Å². The number of carbonyl (C=O) groups excluding carboxylic acids is 2. The smallest absolute Gasteiger partial charge is 0.377 e. The van der Waals surface area contributed by atoms with E-state index >= 15 is 8.78 Å². The Kier molecular flexibility index (Phi) is 13.4. The number of aliphatic hydroxyl groups excluding tert-OH is 1. The minimum absolute atomic E-state index is 0.0614. The van der Waals surface area contributed by atoms with Crippen LogP contribution in [0.2, 0.25) is 0 Å². The van der Waals surface area contributed by atoms with E-state index in [1.807, 2.05) is 23.1 Å². The Morgan fingerprint density at radius 2 is 1.42 bits per heavy atom. The molecular formula is C46H46F4N4O6. The topological polar surface area (TPSA) is 123 Å². The molecule has 0 radical (unpaired) electrons.